The number of aromatic amines is 1. The molecule has 0 bridgehead atoms. The first kappa shape index (κ1) is 17.6. The molecule has 0 unspecified atom stereocenters. The highest BCUT2D eigenvalue weighted by atomic mass is 19.4. The number of hydrogen-bond donors (Lipinski definition) is 2. The fourth-order valence-corrected chi connectivity index (χ4v) is 2.50. The summed E-state index contributed by atoms with van der Waals surface area (Å²) in [7, 11) is 0. The first-order chi connectivity index (χ1) is 12.2. The van der Waals surface area contributed by atoms with Crippen LogP contribution in [0, 0.1) is 12.7 Å². The molecule has 0 aliphatic carbocycles. The van der Waals surface area contributed by atoms with E-state index >= 15 is 0 Å². The lowest BCUT2D eigenvalue weighted by Crippen LogP contribution is -2.26. The van der Waals surface area contributed by atoms with Crippen molar-refractivity contribution in [3.05, 3.63) is 63.5 Å². The maximum absolute atomic E-state index is 13.3. The second kappa shape index (κ2) is 6.28. The molecule has 0 saturated heterocycles. The van der Waals surface area contributed by atoms with Crippen molar-refractivity contribution in [2.24, 2.45) is 0 Å². The molecule has 0 saturated carbocycles. The van der Waals surface area contributed by atoms with E-state index in [0.717, 1.165) is 10.6 Å². The number of anilines is 1. The molecule has 2 N–H and O–H groups in total. The number of benzene rings is 1. The van der Waals surface area contributed by atoms with Crippen LogP contribution in [0.3, 0.4) is 0 Å². The van der Waals surface area contributed by atoms with Crippen molar-refractivity contribution >= 4 is 17.2 Å². The highest BCUT2D eigenvalue weighted by molar-refractivity contribution is 5.92. The van der Waals surface area contributed by atoms with Crippen LogP contribution in [0.5, 0.6) is 0 Å². The fraction of sp³-hybridized carbons (Fsp3) is 0.188. The van der Waals surface area contributed by atoms with Gasteiger partial charge in [-0.05, 0) is 25.1 Å². The molecule has 0 aliphatic rings. The average Bonchev–Trinajstić information content (AvgIpc) is 3.00. The van der Waals surface area contributed by atoms with Crippen molar-refractivity contribution in [2.45, 2.75) is 19.5 Å². The largest absolute Gasteiger partial charge is 0.419 e. The minimum absolute atomic E-state index is 0.0978. The SMILES string of the molecule is Cc1nc2cc[nH]n2c(=O)c1CC(=O)Nc1ccc(F)c(C(F)(F)F)c1. The van der Waals surface area contributed by atoms with Gasteiger partial charge in [-0.2, -0.15) is 13.2 Å². The lowest BCUT2D eigenvalue weighted by atomic mass is 10.1. The summed E-state index contributed by atoms with van der Waals surface area (Å²) in [6.45, 7) is 1.55. The zero-order valence-electron chi connectivity index (χ0n) is 13.3. The van der Waals surface area contributed by atoms with Crippen LogP contribution in [-0.2, 0) is 17.4 Å². The Kier molecular flexibility index (Phi) is 4.26. The summed E-state index contributed by atoms with van der Waals surface area (Å²) in [4.78, 5) is 28.6. The Bertz CT molecular complexity index is 1050. The van der Waals surface area contributed by atoms with E-state index in [1.807, 2.05) is 0 Å². The number of nitrogens with one attached hydrogen (secondary N) is 2. The molecule has 26 heavy (non-hydrogen) atoms. The van der Waals surface area contributed by atoms with Crippen molar-refractivity contribution in [3.63, 3.8) is 0 Å². The molecular formula is C16H12F4N4O2. The summed E-state index contributed by atoms with van der Waals surface area (Å²) >= 11 is 0. The van der Waals surface area contributed by atoms with Gasteiger partial charge in [0, 0.05) is 29.2 Å². The monoisotopic (exact) mass is 368 g/mol. The van der Waals surface area contributed by atoms with Gasteiger partial charge in [-0.1, -0.05) is 0 Å². The summed E-state index contributed by atoms with van der Waals surface area (Å²) in [5.74, 6) is -2.16. The highest BCUT2D eigenvalue weighted by Crippen LogP contribution is 2.33. The summed E-state index contributed by atoms with van der Waals surface area (Å²) in [6.07, 6.45) is -3.77. The number of fused-ring (bicyclic) bond motifs is 1. The quantitative estimate of drug-likeness (QED) is 0.698. The number of nitrogens with zero attached hydrogens (tertiary/aromatic N) is 2. The molecule has 2 aromatic heterocycles. The number of aryl methyl sites for hydroxylation is 1. The molecule has 1 amide bonds. The third-order valence-electron chi connectivity index (χ3n) is 3.74. The zero-order valence-corrected chi connectivity index (χ0v) is 13.3. The van der Waals surface area contributed by atoms with Crippen molar-refractivity contribution < 1.29 is 22.4 Å². The summed E-state index contributed by atoms with van der Waals surface area (Å²) in [5, 5.41) is 4.89. The maximum atomic E-state index is 13.3. The van der Waals surface area contributed by atoms with E-state index in [9.17, 15) is 27.2 Å². The van der Waals surface area contributed by atoms with Gasteiger partial charge in [-0.15, -0.1) is 0 Å². The van der Waals surface area contributed by atoms with Crippen LogP contribution in [0.2, 0.25) is 0 Å². The summed E-state index contributed by atoms with van der Waals surface area (Å²) in [6, 6.07) is 3.70. The smallest absolute Gasteiger partial charge is 0.326 e. The molecule has 10 heteroatoms. The van der Waals surface area contributed by atoms with Crippen LogP contribution >= 0.6 is 0 Å². The molecule has 0 fully saturated rings. The Morgan fingerprint density at radius 3 is 2.73 bits per heavy atom. The molecule has 0 atom stereocenters. The van der Waals surface area contributed by atoms with Crippen LogP contribution in [0.25, 0.3) is 5.65 Å². The van der Waals surface area contributed by atoms with Gasteiger partial charge in [0.2, 0.25) is 5.91 Å². The van der Waals surface area contributed by atoms with E-state index < -0.39 is 35.4 Å². The lowest BCUT2D eigenvalue weighted by molar-refractivity contribution is -0.140. The molecule has 3 aromatic rings. The number of halogens is 4. The first-order valence-corrected chi connectivity index (χ1v) is 7.39. The van der Waals surface area contributed by atoms with Crippen LogP contribution in [0.4, 0.5) is 23.2 Å². The lowest BCUT2D eigenvalue weighted by Gasteiger charge is -2.11. The van der Waals surface area contributed by atoms with Crippen LogP contribution in [-0.4, -0.2) is 20.5 Å². The van der Waals surface area contributed by atoms with E-state index in [1.54, 1.807) is 13.0 Å². The molecule has 2 heterocycles. The molecule has 136 valence electrons. The highest BCUT2D eigenvalue weighted by Gasteiger charge is 2.34. The number of carbonyl (C=O) groups excluding carboxylic acids is 1. The predicted octanol–water partition coefficient (Wildman–Crippen LogP) is 2.67. The second-order valence-corrected chi connectivity index (χ2v) is 5.55. The number of aromatic nitrogens is 3. The molecule has 1 aromatic carbocycles. The predicted molar refractivity (Wildman–Crippen MR) is 84.3 cm³/mol. The Morgan fingerprint density at radius 2 is 2.04 bits per heavy atom. The van der Waals surface area contributed by atoms with Crippen molar-refractivity contribution in [1.82, 2.24) is 14.6 Å². The van der Waals surface area contributed by atoms with Gasteiger partial charge < -0.3 is 5.32 Å². The fourth-order valence-electron chi connectivity index (χ4n) is 2.50. The summed E-state index contributed by atoms with van der Waals surface area (Å²) < 4.78 is 52.6. The molecule has 0 spiro atoms. The van der Waals surface area contributed by atoms with Gasteiger partial charge in [0.15, 0.2) is 5.65 Å². The zero-order chi connectivity index (χ0) is 19.1. The van der Waals surface area contributed by atoms with Crippen molar-refractivity contribution in [1.29, 1.82) is 0 Å². The minimum Gasteiger partial charge on any atom is -0.326 e. The molecule has 6 nitrogen and oxygen atoms in total. The van der Waals surface area contributed by atoms with Gasteiger partial charge in [0.25, 0.3) is 5.56 Å². The first-order valence-electron chi connectivity index (χ1n) is 7.39. The van der Waals surface area contributed by atoms with Gasteiger partial charge in [-0.25, -0.2) is 13.9 Å². The normalized spacial score (nSPS) is 11.7. The van der Waals surface area contributed by atoms with Crippen LogP contribution < -0.4 is 10.9 Å². The van der Waals surface area contributed by atoms with E-state index in [1.165, 1.54) is 6.20 Å². The van der Waals surface area contributed by atoms with Crippen molar-refractivity contribution in [2.75, 3.05) is 5.32 Å². The second-order valence-electron chi connectivity index (χ2n) is 5.55. The number of carbonyl (C=O) groups is 1. The standard InChI is InChI=1S/C16H12F4N4O2/c1-8-10(15(26)24-13(22-8)4-5-21-24)7-14(25)23-9-2-3-12(17)11(6-9)16(18,19)20/h2-6,21H,7H2,1H3,(H,23,25). The number of hydrogen-bond acceptors (Lipinski definition) is 3. The number of alkyl halides is 3. The van der Waals surface area contributed by atoms with E-state index in [2.05, 4.69) is 15.4 Å². The Labute approximate surface area is 143 Å². The van der Waals surface area contributed by atoms with Crippen LogP contribution in [0.15, 0.2) is 35.3 Å². The average molecular weight is 368 g/mol. The van der Waals surface area contributed by atoms with Crippen molar-refractivity contribution in [3.8, 4) is 0 Å². The Hall–Kier alpha value is -3.17. The molecule has 0 aliphatic heterocycles. The Morgan fingerprint density at radius 1 is 1.31 bits per heavy atom. The van der Waals surface area contributed by atoms with Gasteiger partial charge in [-0.3, -0.25) is 14.7 Å². The van der Waals surface area contributed by atoms with E-state index in [-0.39, 0.29) is 11.3 Å². The third kappa shape index (κ3) is 3.30. The van der Waals surface area contributed by atoms with Gasteiger partial charge >= 0.3 is 6.18 Å². The molecule has 3 rings (SSSR count). The number of rotatable bonds is 3. The maximum Gasteiger partial charge on any atom is 0.419 e. The van der Waals surface area contributed by atoms with Crippen LogP contribution in [0.1, 0.15) is 16.8 Å². The number of H-pyrrole nitrogens is 1. The minimum atomic E-state index is -4.89. The molecule has 0 radical (unpaired) electrons. The van der Waals surface area contributed by atoms with Gasteiger partial charge in [0.1, 0.15) is 5.82 Å². The van der Waals surface area contributed by atoms with E-state index in [0.29, 0.717) is 23.5 Å². The third-order valence-corrected chi connectivity index (χ3v) is 3.74. The van der Waals surface area contributed by atoms with Gasteiger partial charge in [0.05, 0.1) is 12.0 Å². The topological polar surface area (TPSA) is 79.3 Å². The number of amides is 1. The Balaban J connectivity index is 1.85. The summed E-state index contributed by atoms with van der Waals surface area (Å²) in [5.41, 5.74) is -1.38. The molecular weight excluding hydrogens is 356 g/mol. The van der Waals surface area contributed by atoms with E-state index in [4.69, 9.17) is 0 Å².